The lowest BCUT2D eigenvalue weighted by molar-refractivity contribution is 0.435. The van der Waals surface area contributed by atoms with Gasteiger partial charge in [-0.15, -0.1) is 0 Å². The summed E-state index contributed by atoms with van der Waals surface area (Å²) >= 11 is 3.45. The van der Waals surface area contributed by atoms with Gasteiger partial charge >= 0.3 is 0 Å². The molecule has 0 atom stereocenters. The number of nitrogens with zero attached hydrogens (tertiary/aromatic N) is 1. The molecule has 1 heterocycles. The Morgan fingerprint density at radius 2 is 1.61 bits per heavy atom. The van der Waals surface area contributed by atoms with Gasteiger partial charge in [-0.2, -0.15) is 0 Å². The van der Waals surface area contributed by atoms with E-state index in [1.807, 2.05) is 60.7 Å². The fourth-order valence-corrected chi connectivity index (χ4v) is 2.20. The van der Waals surface area contributed by atoms with Crippen molar-refractivity contribution in [3.05, 3.63) is 65.1 Å². The second kappa shape index (κ2) is 4.78. The Bertz CT molecular complexity index is 661. The van der Waals surface area contributed by atoms with Crippen molar-refractivity contribution in [3.8, 4) is 22.6 Å². The number of benzene rings is 2. The zero-order chi connectivity index (χ0) is 12.4. The van der Waals surface area contributed by atoms with Gasteiger partial charge in [0.25, 0.3) is 0 Å². The van der Waals surface area contributed by atoms with E-state index in [4.69, 9.17) is 4.52 Å². The van der Waals surface area contributed by atoms with Crippen molar-refractivity contribution in [3.63, 3.8) is 0 Å². The van der Waals surface area contributed by atoms with Crippen LogP contribution in [0.15, 0.2) is 69.7 Å². The predicted octanol–water partition coefficient (Wildman–Crippen LogP) is 4.77. The third-order valence-corrected chi connectivity index (χ3v) is 3.18. The van der Waals surface area contributed by atoms with Crippen molar-refractivity contribution in [2.24, 2.45) is 0 Å². The minimum Gasteiger partial charge on any atom is -0.356 e. The van der Waals surface area contributed by atoms with Gasteiger partial charge in [-0.3, -0.25) is 0 Å². The van der Waals surface area contributed by atoms with Gasteiger partial charge in [-0.05, 0) is 12.1 Å². The van der Waals surface area contributed by atoms with Crippen LogP contribution in [-0.4, -0.2) is 5.16 Å². The van der Waals surface area contributed by atoms with Crippen molar-refractivity contribution in [2.75, 3.05) is 0 Å². The molecule has 1 aromatic heterocycles. The zero-order valence-electron chi connectivity index (χ0n) is 9.51. The highest BCUT2D eigenvalue weighted by molar-refractivity contribution is 9.10. The van der Waals surface area contributed by atoms with Crippen LogP contribution >= 0.6 is 15.9 Å². The largest absolute Gasteiger partial charge is 0.356 e. The fraction of sp³-hybridized carbons (Fsp3) is 0. The van der Waals surface area contributed by atoms with E-state index >= 15 is 0 Å². The molecule has 0 radical (unpaired) electrons. The van der Waals surface area contributed by atoms with Crippen LogP contribution in [0.4, 0.5) is 0 Å². The summed E-state index contributed by atoms with van der Waals surface area (Å²) in [6, 6.07) is 19.9. The molecule has 0 saturated carbocycles. The summed E-state index contributed by atoms with van der Waals surface area (Å²) in [5.74, 6) is 0.783. The molecule has 0 unspecified atom stereocenters. The van der Waals surface area contributed by atoms with Gasteiger partial charge in [-0.25, -0.2) is 0 Å². The summed E-state index contributed by atoms with van der Waals surface area (Å²) in [5, 5.41) is 4.11. The molecular formula is C15H10BrNO. The third-order valence-electron chi connectivity index (χ3n) is 2.69. The summed E-state index contributed by atoms with van der Waals surface area (Å²) in [6.45, 7) is 0. The number of hydrogen-bond acceptors (Lipinski definition) is 2. The Labute approximate surface area is 113 Å². The molecule has 0 bridgehead atoms. The van der Waals surface area contributed by atoms with E-state index in [0.717, 1.165) is 27.1 Å². The van der Waals surface area contributed by atoms with Crippen LogP contribution in [0.3, 0.4) is 0 Å². The minimum atomic E-state index is 0.783. The maximum absolute atomic E-state index is 5.38. The van der Waals surface area contributed by atoms with Crippen LogP contribution in [0, 0.1) is 0 Å². The highest BCUT2D eigenvalue weighted by Crippen LogP contribution is 2.27. The van der Waals surface area contributed by atoms with Crippen molar-refractivity contribution >= 4 is 15.9 Å². The molecule has 3 aromatic rings. The molecule has 0 aliphatic heterocycles. The van der Waals surface area contributed by atoms with E-state index in [2.05, 4.69) is 21.1 Å². The Kier molecular flexibility index (Phi) is 2.99. The Morgan fingerprint density at radius 3 is 2.39 bits per heavy atom. The van der Waals surface area contributed by atoms with Gasteiger partial charge in [0.05, 0.1) is 0 Å². The van der Waals surface area contributed by atoms with Crippen LogP contribution in [0.5, 0.6) is 0 Å². The highest BCUT2D eigenvalue weighted by atomic mass is 79.9. The lowest BCUT2D eigenvalue weighted by Crippen LogP contribution is -1.75. The second-order valence-electron chi connectivity index (χ2n) is 3.95. The lowest BCUT2D eigenvalue weighted by Gasteiger charge is -1.95. The molecule has 2 aromatic carbocycles. The van der Waals surface area contributed by atoms with E-state index in [9.17, 15) is 0 Å². The molecule has 3 heteroatoms. The first kappa shape index (κ1) is 11.2. The Balaban J connectivity index is 2.00. The number of rotatable bonds is 2. The Morgan fingerprint density at radius 1 is 0.833 bits per heavy atom. The van der Waals surface area contributed by atoms with Gasteiger partial charge in [0.15, 0.2) is 5.76 Å². The molecule has 0 fully saturated rings. The number of aromatic nitrogens is 1. The molecule has 0 aliphatic carbocycles. The molecule has 0 aliphatic rings. The standard InChI is InChI=1S/C15H10BrNO/c16-13-8-4-7-12(9-13)14-10-15(18-17-14)11-5-2-1-3-6-11/h1-10H. The average Bonchev–Trinajstić information content (AvgIpc) is 2.89. The molecule has 0 spiro atoms. The van der Waals surface area contributed by atoms with E-state index in [1.165, 1.54) is 0 Å². The molecular weight excluding hydrogens is 290 g/mol. The van der Waals surface area contributed by atoms with Crippen LogP contribution in [0.2, 0.25) is 0 Å². The average molecular weight is 300 g/mol. The first-order valence-electron chi connectivity index (χ1n) is 5.61. The number of halogens is 1. The molecule has 18 heavy (non-hydrogen) atoms. The quantitative estimate of drug-likeness (QED) is 0.681. The third kappa shape index (κ3) is 2.22. The zero-order valence-corrected chi connectivity index (χ0v) is 11.1. The first-order chi connectivity index (χ1) is 8.83. The highest BCUT2D eigenvalue weighted by Gasteiger charge is 2.08. The normalized spacial score (nSPS) is 10.5. The molecule has 0 saturated heterocycles. The van der Waals surface area contributed by atoms with Crippen LogP contribution in [0.25, 0.3) is 22.6 Å². The van der Waals surface area contributed by atoms with Gasteiger partial charge < -0.3 is 4.52 Å². The van der Waals surface area contributed by atoms with Gasteiger partial charge in [0.2, 0.25) is 0 Å². The summed E-state index contributed by atoms with van der Waals surface area (Å²) in [4.78, 5) is 0. The van der Waals surface area contributed by atoms with Gasteiger partial charge in [-0.1, -0.05) is 63.6 Å². The summed E-state index contributed by atoms with van der Waals surface area (Å²) in [6.07, 6.45) is 0. The summed E-state index contributed by atoms with van der Waals surface area (Å²) in [7, 11) is 0. The fourth-order valence-electron chi connectivity index (χ4n) is 1.80. The van der Waals surface area contributed by atoms with Crippen LogP contribution in [-0.2, 0) is 0 Å². The topological polar surface area (TPSA) is 26.0 Å². The van der Waals surface area contributed by atoms with Crippen molar-refractivity contribution in [1.82, 2.24) is 5.16 Å². The second-order valence-corrected chi connectivity index (χ2v) is 4.87. The van der Waals surface area contributed by atoms with Gasteiger partial charge in [0.1, 0.15) is 5.69 Å². The van der Waals surface area contributed by atoms with Gasteiger partial charge in [0, 0.05) is 21.7 Å². The SMILES string of the molecule is Brc1cccc(-c2cc(-c3ccccc3)on2)c1. The minimum absolute atomic E-state index is 0.783. The van der Waals surface area contributed by atoms with Crippen molar-refractivity contribution in [2.45, 2.75) is 0 Å². The van der Waals surface area contributed by atoms with Crippen molar-refractivity contribution < 1.29 is 4.52 Å². The molecule has 3 rings (SSSR count). The van der Waals surface area contributed by atoms with E-state index in [-0.39, 0.29) is 0 Å². The molecule has 0 amide bonds. The van der Waals surface area contributed by atoms with E-state index in [0.29, 0.717) is 0 Å². The van der Waals surface area contributed by atoms with E-state index < -0.39 is 0 Å². The van der Waals surface area contributed by atoms with Crippen LogP contribution in [0.1, 0.15) is 0 Å². The maximum atomic E-state index is 5.38. The van der Waals surface area contributed by atoms with Crippen molar-refractivity contribution in [1.29, 1.82) is 0 Å². The predicted molar refractivity (Wildman–Crippen MR) is 75.1 cm³/mol. The van der Waals surface area contributed by atoms with Crippen LogP contribution < -0.4 is 0 Å². The lowest BCUT2D eigenvalue weighted by atomic mass is 10.1. The summed E-state index contributed by atoms with van der Waals surface area (Å²) in [5.41, 5.74) is 2.91. The number of hydrogen-bond donors (Lipinski definition) is 0. The smallest absolute Gasteiger partial charge is 0.167 e. The molecule has 0 N–H and O–H groups in total. The van der Waals surface area contributed by atoms with E-state index in [1.54, 1.807) is 0 Å². The maximum Gasteiger partial charge on any atom is 0.167 e. The monoisotopic (exact) mass is 299 g/mol. The summed E-state index contributed by atoms with van der Waals surface area (Å²) < 4.78 is 6.41. The Hall–Kier alpha value is -1.87. The molecule has 2 nitrogen and oxygen atoms in total. The molecule has 88 valence electrons. The first-order valence-corrected chi connectivity index (χ1v) is 6.40.